The monoisotopic (exact) mass is 263 g/mol. The number of anilines is 2. The van der Waals surface area contributed by atoms with Crippen LogP contribution in [0.15, 0.2) is 6.07 Å². The van der Waals surface area contributed by atoms with Crippen LogP contribution < -0.4 is 16.0 Å². The van der Waals surface area contributed by atoms with Crippen molar-refractivity contribution in [3.05, 3.63) is 11.9 Å². The van der Waals surface area contributed by atoms with Gasteiger partial charge in [0.1, 0.15) is 17.5 Å². The molecule has 6 nitrogen and oxygen atoms in total. The predicted octanol–water partition coefficient (Wildman–Crippen LogP) is 1.10. The van der Waals surface area contributed by atoms with E-state index in [2.05, 4.69) is 15.3 Å². The van der Waals surface area contributed by atoms with E-state index in [9.17, 15) is 4.79 Å². The van der Waals surface area contributed by atoms with Crippen LogP contribution in [0.2, 0.25) is 0 Å². The second-order valence-electron chi connectivity index (χ2n) is 5.18. The lowest BCUT2D eigenvalue weighted by Crippen LogP contribution is -2.39. The fraction of sp³-hybridized carbons (Fsp3) is 0.615. The van der Waals surface area contributed by atoms with Crippen LogP contribution in [0, 0.1) is 0 Å². The summed E-state index contributed by atoms with van der Waals surface area (Å²) < 4.78 is 0. The van der Waals surface area contributed by atoms with E-state index in [1.54, 1.807) is 0 Å². The summed E-state index contributed by atoms with van der Waals surface area (Å²) in [5.41, 5.74) is 5.31. The van der Waals surface area contributed by atoms with Crippen molar-refractivity contribution in [3.63, 3.8) is 0 Å². The lowest BCUT2D eigenvalue weighted by molar-refractivity contribution is -0.116. The number of nitrogens with two attached hydrogens (primary N) is 1. The Morgan fingerprint density at radius 2 is 2.21 bits per heavy atom. The summed E-state index contributed by atoms with van der Waals surface area (Å²) in [6.45, 7) is 4.20. The molecule has 0 spiro atoms. The minimum absolute atomic E-state index is 0.152. The summed E-state index contributed by atoms with van der Waals surface area (Å²) >= 11 is 0. The molecule has 0 bridgehead atoms. The van der Waals surface area contributed by atoms with Gasteiger partial charge in [0, 0.05) is 25.1 Å². The first-order chi connectivity index (χ1) is 9.01. The highest BCUT2D eigenvalue weighted by Gasteiger charge is 2.28. The fourth-order valence-electron chi connectivity index (χ4n) is 1.95. The van der Waals surface area contributed by atoms with Crippen molar-refractivity contribution >= 4 is 17.5 Å². The number of aromatic nitrogens is 2. The molecule has 1 heterocycles. The Labute approximate surface area is 113 Å². The van der Waals surface area contributed by atoms with Gasteiger partial charge in [-0.2, -0.15) is 0 Å². The third kappa shape index (κ3) is 3.33. The van der Waals surface area contributed by atoms with Crippen molar-refractivity contribution in [1.82, 2.24) is 9.97 Å². The van der Waals surface area contributed by atoms with Gasteiger partial charge in [-0.1, -0.05) is 0 Å². The summed E-state index contributed by atoms with van der Waals surface area (Å²) in [4.78, 5) is 22.1. The predicted molar refractivity (Wildman–Crippen MR) is 75.2 cm³/mol. The van der Waals surface area contributed by atoms with Crippen LogP contribution in [0.1, 0.15) is 38.4 Å². The van der Waals surface area contributed by atoms with Crippen LogP contribution in [0.25, 0.3) is 0 Å². The van der Waals surface area contributed by atoms with Crippen molar-refractivity contribution in [2.45, 2.75) is 38.6 Å². The first kappa shape index (κ1) is 13.6. The Hall–Kier alpha value is -1.85. The van der Waals surface area contributed by atoms with E-state index in [-0.39, 0.29) is 18.5 Å². The molecule has 0 atom stereocenters. The molecule has 1 amide bonds. The van der Waals surface area contributed by atoms with E-state index in [1.165, 1.54) is 0 Å². The lowest BCUT2D eigenvalue weighted by atomic mass is 10.3. The number of carbonyl (C=O) groups is 1. The average Bonchev–Trinajstić information content (AvgIpc) is 3.19. The Balaban J connectivity index is 2.34. The molecule has 1 fully saturated rings. The highest BCUT2D eigenvalue weighted by Crippen LogP contribution is 2.39. The quantitative estimate of drug-likeness (QED) is 0.802. The number of hydrogen-bond acceptors (Lipinski definition) is 5. The van der Waals surface area contributed by atoms with Crippen LogP contribution in [0.5, 0.6) is 0 Å². The van der Waals surface area contributed by atoms with Crippen LogP contribution in [0.3, 0.4) is 0 Å². The van der Waals surface area contributed by atoms with Crippen LogP contribution in [-0.4, -0.2) is 35.5 Å². The summed E-state index contributed by atoms with van der Waals surface area (Å²) in [5.74, 6) is 2.51. The van der Waals surface area contributed by atoms with E-state index >= 15 is 0 Å². The normalized spacial score (nSPS) is 14.5. The topological polar surface area (TPSA) is 84.1 Å². The van der Waals surface area contributed by atoms with Crippen LogP contribution in [0.4, 0.5) is 11.6 Å². The third-order valence-electron chi connectivity index (χ3n) is 3.17. The third-order valence-corrected chi connectivity index (χ3v) is 3.17. The second-order valence-corrected chi connectivity index (χ2v) is 5.18. The molecule has 0 saturated heterocycles. The average molecular weight is 263 g/mol. The molecule has 2 rings (SSSR count). The fourth-order valence-corrected chi connectivity index (χ4v) is 1.95. The standard InChI is InChI=1S/C13H21N5O/c1-8(2)18(7-10(14)19)12-6-11(15-3)16-13(17-12)9-4-5-9/h6,8-9H,4-5,7H2,1-3H3,(H2,14,19)(H,15,16,17). The Morgan fingerprint density at radius 1 is 1.53 bits per heavy atom. The van der Waals surface area contributed by atoms with Gasteiger partial charge in [0.2, 0.25) is 5.91 Å². The van der Waals surface area contributed by atoms with Gasteiger partial charge < -0.3 is 16.0 Å². The summed E-state index contributed by atoms with van der Waals surface area (Å²) in [7, 11) is 1.83. The number of hydrogen-bond donors (Lipinski definition) is 2. The highest BCUT2D eigenvalue weighted by atomic mass is 16.1. The van der Waals surface area contributed by atoms with E-state index in [0.717, 1.165) is 30.3 Å². The molecule has 1 saturated carbocycles. The molecule has 19 heavy (non-hydrogen) atoms. The molecule has 1 aliphatic carbocycles. The van der Waals surface area contributed by atoms with Gasteiger partial charge in [0.15, 0.2) is 0 Å². The van der Waals surface area contributed by atoms with E-state index in [4.69, 9.17) is 5.73 Å². The zero-order valence-electron chi connectivity index (χ0n) is 11.7. The van der Waals surface area contributed by atoms with Gasteiger partial charge in [0.05, 0.1) is 6.54 Å². The minimum atomic E-state index is -0.355. The van der Waals surface area contributed by atoms with Crippen molar-refractivity contribution in [1.29, 1.82) is 0 Å². The smallest absolute Gasteiger partial charge is 0.237 e. The molecule has 1 aromatic rings. The van der Waals surface area contributed by atoms with E-state index < -0.39 is 0 Å². The molecule has 6 heteroatoms. The zero-order valence-corrected chi connectivity index (χ0v) is 11.7. The van der Waals surface area contributed by atoms with E-state index in [0.29, 0.717) is 5.92 Å². The van der Waals surface area contributed by atoms with Gasteiger partial charge >= 0.3 is 0 Å². The summed E-state index contributed by atoms with van der Waals surface area (Å²) in [6, 6.07) is 2.01. The molecule has 0 aromatic carbocycles. The first-order valence-electron chi connectivity index (χ1n) is 6.63. The number of carbonyl (C=O) groups excluding carboxylic acids is 1. The minimum Gasteiger partial charge on any atom is -0.373 e. The molecular weight excluding hydrogens is 242 g/mol. The Bertz CT molecular complexity index is 470. The second kappa shape index (κ2) is 5.42. The van der Waals surface area contributed by atoms with Crippen molar-refractivity contribution in [2.75, 3.05) is 23.8 Å². The lowest BCUT2D eigenvalue weighted by Gasteiger charge is -2.27. The number of nitrogens with zero attached hydrogens (tertiary/aromatic N) is 3. The molecule has 0 radical (unpaired) electrons. The molecule has 104 valence electrons. The molecule has 1 aromatic heterocycles. The van der Waals surface area contributed by atoms with Gasteiger partial charge in [-0.15, -0.1) is 0 Å². The molecule has 0 aliphatic heterocycles. The van der Waals surface area contributed by atoms with Crippen molar-refractivity contribution in [2.24, 2.45) is 5.73 Å². The van der Waals surface area contributed by atoms with Crippen LogP contribution >= 0.6 is 0 Å². The maximum Gasteiger partial charge on any atom is 0.237 e. The molecule has 0 unspecified atom stereocenters. The number of nitrogens with one attached hydrogen (secondary N) is 1. The summed E-state index contributed by atoms with van der Waals surface area (Å²) in [6.07, 6.45) is 2.29. The maximum atomic E-state index is 11.2. The number of primary amides is 1. The Kier molecular flexibility index (Phi) is 3.87. The number of amides is 1. The van der Waals surface area contributed by atoms with Crippen molar-refractivity contribution in [3.8, 4) is 0 Å². The summed E-state index contributed by atoms with van der Waals surface area (Å²) in [5, 5.41) is 3.04. The van der Waals surface area contributed by atoms with Gasteiger partial charge in [0.25, 0.3) is 0 Å². The van der Waals surface area contributed by atoms with Gasteiger partial charge in [-0.25, -0.2) is 9.97 Å². The number of rotatable bonds is 6. The maximum absolute atomic E-state index is 11.2. The Morgan fingerprint density at radius 3 is 2.68 bits per heavy atom. The van der Waals surface area contributed by atoms with Crippen LogP contribution in [-0.2, 0) is 4.79 Å². The first-order valence-corrected chi connectivity index (χ1v) is 6.63. The SMILES string of the molecule is CNc1cc(N(CC(N)=O)C(C)C)nc(C2CC2)n1. The highest BCUT2D eigenvalue weighted by molar-refractivity contribution is 5.79. The molecular formula is C13H21N5O. The van der Waals surface area contributed by atoms with Gasteiger partial charge in [-0.3, -0.25) is 4.79 Å². The molecule has 3 N–H and O–H groups in total. The van der Waals surface area contributed by atoms with E-state index in [1.807, 2.05) is 31.9 Å². The largest absolute Gasteiger partial charge is 0.373 e. The van der Waals surface area contributed by atoms with Crippen molar-refractivity contribution < 1.29 is 4.79 Å². The van der Waals surface area contributed by atoms with Gasteiger partial charge in [-0.05, 0) is 26.7 Å². The molecule has 1 aliphatic rings. The zero-order chi connectivity index (χ0) is 14.0.